The smallest absolute Gasteiger partial charge is 0.235 e. The number of fused-ring (bicyclic) bond motifs is 5. The number of benzene rings is 1. The molecule has 1 aromatic carbocycles. The van der Waals surface area contributed by atoms with E-state index in [-0.39, 0.29) is 28.6 Å². The lowest BCUT2D eigenvalue weighted by molar-refractivity contribution is -0.140. The van der Waals surface area contributed by atoms with E-state index in [1.807, 2.05) is 49.5 Å². The van der Waals surface area contributed by atoms with Gasteiger partial charge in [0.05, 0.1) is 16.8 Å². The summed E-state index contributed by atoms with van der Waals surface area (Å²) in [6.45, 7) is 4.67. The van der Waals surface area contributed by atoms with Gasteiger partial charge in [-0.3, -0.25) is 4.79 Å². The van der Waals surface area contributed by atoms with E-state index in [1.54, 1.807) is 4.90 Å². The first-order valence-electron chi connectivity index (χ1n) is 9.39. The molecule has 0 saturated heterocycles. The molecule has 2 bridgehead atoms. The zero-order valence-corrected chi connectivity index (χ0v) is 16.2. The zero-order chi connectivity index (χ0) is 20.1. The number of nitriles is 2. The van der Waals surface area contributed by atoms with Crippen molar-refractivity contribution in [3.63, 3.8) is 0 Å². The van der Waals surface area contributed by atoms with Crippen molar-refractivity contribution in [1.29, 1.82) is 10.5 Å². The van der Waals surface area contributed by atoms with Crippen LogP contribution < -0.4 is 0 Å². The summed E-state index contributed by atoms with van der Waals surface area (Å²) in [6, 6.07) is 13.8. The Morgan fingerprint density at radius 1 is 1.18 bits per heavy atom. The molecule has 140 valence electrons. The summed E-state index contributed by atoms with van der Waals surface area (Å²) in [6.07, 6.45) is 1.51. The lowest BCUT2D eigenvalue weighted by Gasteiger charge is -2.39. The molecule has 2 atom stereocenters. The first kappa shape index (κ1) is 18.1. The third-order valence-electron chi connectivity index (χ3n) is 6.62. The highest BCUT2D eigenvalue weighted by Gasteiger charge is 2.68. The normalized spacial score (nSPS) is 23.5. The van der Waals surface area contributed by atoms with Crippen molar-refractivity contribution in [2.45, 2.75) is 44.6 Å². The molecule has 1 fully saturated rings. The van der Waals surface area contributed by atoms with Crippen LogP contribution in [0.25, 0.3) is 0 Å². The monoisotopic (exact) mass is 371 g/mol. The number of rotatable bonds is 3. The summed E-state index contributed by atoms with van der Waals surface area (Å²) in [4.78, 5) is 24.5. The van der Waals surface area contributed by atoms with Gasteiger partial charge in [0.1, 0.15) is 12.1 Å². The molecule has 2 aromatic rings. The highest BCUT2D eigenvalue weighted by atomic mass is 16.2. The molecule has 6 nitrogen and oxygen atoms in total. The van der Waals surface area contributed by atoms with Crippen LogP contribution in [0.1, 0.15) is 60.9 Å². The molecular weight excluding hydrogens is 350 g/mol. The number of aromatic nitrogens is 2. The van der Waals surface area contributed by atoms with Gasteiger partial charge in [0, 0.05) is 19.5 Å². The van der Waals surface area contributed by atoms with Crippen LogP contribution in [0, 0.1) is 28.1 Å². The van der Waals surface area contributed by atoms with Gasteiger partial charge in [-0.2, -0.15) is 10.5 Å². The van der Waals surface area contributed by atoms with Crippen molar-refractivity contribution < 1.29 is 4.79 Å². The van der Waals surface area contributed by atoms with Crippen LogP contribution in [-0.4, -0.2) is 27.8 Å². The lowest BCUT2D eigenvalue weighted by atomic mass is 9.67. The molecular formula is C22H21N5O. The maximum atomic E-state index is 13.8. The fraction of sp³-hybridized carbons (Fsp3) is 0.409. The molecule has 2 aliphatic carbocycles. The SMILES string of the molecule is CN(Cc1ccccc1)C(=O)C12CCC(c3nc(C#N)c(C#N)nc31)C2(C)C. The summed E-state index contributed by atoms with van der Waals surface area (Å²) < 4.78 is 0. The number of carbonyl (C=O) groups excluding carboxylic acids is 1. The van der Waals surface area contributed by atoms with Crippen molar-refractivity contribution in [1.82, 2.24) is 14.9 Å². The topological polar surface area (TPSA) is 93.7 Å². The zero-order valence-electron chi connectivity index (χ0n) is 16.2. The Morgan fingerprint density at radius 3 is 2.46 bits per heavy atom. The van der Waals surface area contributed by atoms with Gasteiger partial charge in [-0.05, 0) is 23.8 Å². The Bertz CT molecular complexity index is 1050. The van der Waals surface area contributed by atoms with E-state index in [9.17, 15) is 15.3 Å². The van der Waals surface area contributed by atoms with Gasteiger partial charge in [-0.1, -0.05) is 44.2 Å². The molecule has 1 amide bonds. The summed E-state index contributed by atoms with van der Waals surface area (Å²) in [5.74, 6) is 0.0643. The van der Waals surface area contributed by atoms with Gasteiger partial charge < -0.3 is 4.90 Å². The predicted octanol–water partition coefficient (Wildman–Crippen LogP) is 3.03. The van der Waals surface area contributed by atoms with Crippen LogP contribution in [0.5, 0.6) is 0 Å². The summed E-state index contributed by atoms with van der Waals surface area (Å²) in [5.41, 5.74) is 1.22. The van der Waals surface area contributed by atoms with Crippen LogP contribution in [0.4, 0.5) is 0 Å². The molecule has 1 saturated carbocycles. The third kappa shape index (κ3) is 2.21. The summed E-state index contributed by atoms with van der Waals surface area (Å²) >= 11 is 0. The van der Waals surface area contributed by atoms with E-state index in [2.05, 4.69) is 23.8 Å². The van der Waals surface area contributed by atoms with Crippen LogP contribution in [0.2, 0.25) is 0 Å². The van der Waals surface area contributed by atoms with Crippen LogP contribution in [-0.2, 0) is 16.8 Å². The molecule has 2 unspecified atom stereocenters. The number of hydrogen-bond donors (Lipinski definition) is 0. The van der Waals surface area contributed by atoms with E-state index < -0.39 is 5.41 Å². The number of nitrogens with zero attached hydrogens (tertiary/aromatic N) is 5. The predicted molar refractivity (Wildman–Crippen MR) is 102 cm³/mol. The Kier molecular flexibility index (Phi) is 3.97. The van der Waals surface area contributed by atoms with Crippen LogP contribution >= 0.6 is 0 Å². The number of hydrogen-bond acceptors (Lipinski definition) is 5. The van der Waals surface area contributed by atoms with Crippen LogP contribution in [0.15, 0.2) is 30.3 Å². The van der Waals surface area contributed by atoms with Crippen molar-refractivity contribution in [2.75, 3.05) is 7.05 Å². The Balaban J connectivity index is 1.81. The summed E-state index contributed by atoms with van der Waals surface area (Å²) in [7, 11) is 1.81. The van der Waals surface area contributed by atoms with Gasteiger partial charge in [0.15, 0.2) is 11.4 Å². The Morgan fingerprint density at radius 2 is 1.82 bits per heavy atom. The van der Waals surface area contributed by atoms with E-state index in [0.717, 1.165) is 12.0 Å². The largest absolute Gasteiger partial charge is 0.341 e. The second-order valence-electron chi connectivity index (χ2n) is 8.24. The molecule has 4 rings (SSSR count). The molecule has 6 heteroatoms. The lowest BCUT2D eigenvalue weighted by Crippen LogP contribution is -2.50. The van der Waals surface area contributed by atoms with Gasteiger partial charge in [0.25, 0.3) is 0 Å². The minimum absolute atomic E-state index is 0.00230. The summed E-state index contributed by atoms with van der Waals surface area (Å²) in [5, 5.41) is 18.7. The van der Waals surface area contributed by atoms with E-state index in [4.69, 9.17) is 0 Å². The van der Waals surface area contributed by atoms with Crippen molar-refractivity contribution in [3.8, 4) is 12.1 Å². The molecule has 0 radical (unpaired) electrons. The van der Waals surface area contributed by atoms with E-state index in [0.29, 0.717) is 24.4 Å². The highest BCUT2D eigenvalue weighted by molar-refractivity contribution is 5.91. The second-order valence-corrected chi connectivity index (χ2v) is 8.24. The fourth-order valence-electron chi connectivity index (χ4n) is 5.14. The number of likely N-dealkylation sites (N-methyl/N-ethyl adjacent to an activating group) is 1. The maximum Gasteiger partial charge on any atom is 0.235 e. The first-order chi connectivity index (χ1) is 13.4. The molecule has 0 spiro atoms. The van der Waals surface area contributed by atoms with Gasteiger partial charge in [-0.15, -0.1) is 0 Å². The molecule has 2 aliphatic rings. The standard InChI is InChI=1S/C22H21N5O/c1-21(2)15-9-10-22(21,19-18(15)25-16(11-23)17(12-24)26-19)20(28)27(3)13-14-7-5-4-6-8-14/h4-8,15H,9-10,13H2,1-3H3. The van der Waals surface area contributed by atoms with Crippen molar-refractivity contribution in [2.24, 2.45) is 5.41 Å². The van der Waals surface area contributed by atoms with Crippen molar-refractivity contribution in [3.05, 3.63) is 58.7 Å². The number of amides is 1. The average molecular weight is 371 g/mol. The van der Waals surface area contributed by atoms with Crippen LogP contribution in [0.3, 0.4) is 0 Å². The first-order valence-corrected chi connectivity index (χ1v) is 9.39. The van der Waals surface area contributed by atoms with Gasteiger partial charge >= 0.3 is 0 Å². The Labute approximate surface area is 164 Å². The molecule has 0 aliphatic heterocycles. The average Bonchev–Trinajstić information content (AvgIpc) is 3.08. The molecule has 28 heavy (non-hydrogen) atoms. The number of carbonyl (C=O) groups is 1. The Hall–Kier alpha value is -3.25. The second kappa shape index (κ2) is 6.14. The quantitative estimate of drug-likeness (QED) is 0.827. The molecule has 0 N–H and O–H groups in total. The van der Waals surface area contributed by atoms with Gasteiger partial charge in [0.2, 0.25) is 5.91 Å². The maximum absolute atomic E-state index is 13.8. The fourth-order valence-corrected chi connectivity index (χ4v) is 5.14. The minimum Gasteiger partial charge on any atom is -0.341 e. The highest BCUT2D eigenvalue weighted by Crippen LogP contribution is 2.67. The molecule has 1 heterocycles. The van der Waals surface area contributed by atoms with E-state index in [1.165, 1.54) is 0 Å². The van der Waals surface area contributed by atoms with Gasteiger partial charge in [-0.25, -0.2) is 9.97 Å². The van der Waals surface area contributed by atoms with E-state index >= 15 is 0 Å². The minimum atomic E-state index is -0.816. The third-order valence-corrected chi connectivity index (χ3v) is 6.62. The van der Waals surface area contributed by atoms with Crippen molar-refractivity contribution >= 4 is 5.91 Å². The molecule has 1 aromatic heterocycles.